The number of benzene rings is 3. The smallest absolute Gasteiger partial charge is 0.259 e. The lowest BCUT2D eigenvalue weighted by Crippen LogP contribution is -2.12. The van der Waals surface area contributed by atoms with Gasteiger partial charge in [-0.3, -0.25) is 4.79 Å². The molecule has 0 heterocycles. The molecule has 5 nitrogen and oxygen atoms in total. The third-order valence-corrected chi connectivity index (χ3v) is 4.37. The first-order valence-corrected chi connectivity index (χ1v) is 9.07. The second kappa shape index (κ2) is 9.26. The molecule has 3 aromatic carbocycles. The summed E-state index contributed by atoms with van der Waals surface area (Å²) in [6, 6.07) is 19.7. The maximum Gasteiger partial charge on any atom is 0.259 e. The predicted octanol–water partition coefficient (Wildman–Crippen LogP) is 4.99. The summed E-state index contributed by atoms with van der Waals surface area (Å²) in [6.07, 6.45) is 0. The van der Waals surface area contributed by atoms with Gasteiger partial charge in [0.25, 0.3) is 5.91 Å². The molecule has 0 saturated carbocycles. The SMILES string of the molecule is COCCOc1ccc(NC(=O)c2cc(-c3ccccc3)cc(Cl)c2O)cc1. The van der Waals surface area contributed by atoms with Gasteiger partial charge in [-0.2, -0.15) is 0 Å². The topological polar surface area (TPSA) is 67.8 Å². The number of phenols is 1. The van der Waals surface area contributed by atoms with E-state index >= 15 is 0 Å². The van der Waals surface area contributed by atoms with Crippen molar-refractivity contribution in [2.24, 2.45) is 0 Å². The molecule has 0 atom stereocenters. The summed E-state index contributed by atoms with van der Waals surface area (Å²) in [4.78, 5) is 12.7. The maximum atomic E-state index is 12.7. The molecule has 0 saturated heterocycles. The quantitative estimate of drug-likeness (QED) is 0.551. The van der Waals surface area contributed by atoms with Crippen LogP contribution in [0.15, 0.2) is 66.7 Å². The third-order valence-electron chi connectivity index (χ3n) is 4.08. The Morgan fingerprint density at radius 2 is 1.71 bits per heavy atom. The fourth-order valence-corrected chi connectivity index (χ4v) is 2.86. The molecule has 0 radical (unpaired) electrons. The Morgan fingerprint density at radius 1 is 1.00 bits per heavy atom. The lowest BCUT2D eigenvalue weighted by atomic mass is 10.0. The number of carbonyl (C=O) groups is 1. The molecular formula is C22H20ClNO4. The number of hydrogen-bond donors (Lipinski definition) is 2. The molecule has 2 N–H and O–H groups in total. The van der Waals surface area contributed by atoms with Crippen molar-refractivity contribution in [2.75, 3.05) is 25.6 Å². The van der Waals surface area contributed by atoms with Crippen LogP contribution in [0.25, 0.3) is 11.1 Å². The minimum atomic E-state index is -0.453. The summed E-state index contributed by atoms with van der Waals surface area (Å²) in [5, 5.41) is 13.1. The van der Waals surface area contributed by atoms with Crippen molar-refractivity contribution in [3.8, 4) is 22.6 Å². The zero-order chi connectivity index (χ0) is 19.9. The Hall–Kier alpha value is -3.02. The van der Waals surface area contributed by atoms with E-state index in [9.17, 15) is 9.90 Å². The van der Waals surface area contributed by atoms with E-state index < -0.39 is 5.91 Å². The van der Waals surface area contributed by atoms with E-state index in [1.54, 1.807) is 43.5 Å². The Labute approximate surface area is 168 Å². The first-order valence-electron chi connectivity index (χ1n) is 8.69. The number of rotatable bonds is 7. The Balaban J connectivity index is 1.78. The van der Waals surface area contributed by atoms with Crippen LogP contribution in [0, 0.1) is 0 Å². The van der Waals surface area contributed by atoms with Crippen LogP contribution in [0.3, 0.4) is 0 Å². The highest BCUT2D eigenvalue weighted by molar-refractivity contribution is 6.33. The van der Waals surface area contributed by atoms with Gasteiger partial charge in [-0.15, -0.1) is 0 Å². The highest BCUT2D eigenvalue weighted by Crippen LogP contribution is 2.34. The molecule has 0 bridgehead atoms. The second-order valence-electron chi connectivity index (χ2n) is 6.04. The summed E-state index contributed by atoms with van der Waals surface area (Å²) in [5.41, 5.74) is 2.32. The number of aromatic hydroxyl groups is 1. The van der Waals surface area contributed by atoms with E-state index in [1.807, 2.05) is 30.3 Å². The van der Waals surface area contributed by atoms with E-state index in [0.717, 1.165) is 11.1 Å². The van der Waals surface area contributed by atoms with Crippen molar-refractivity contribution in [2.45, 2.75) is 0 Å². The van der Waals surface area contributed by atoms with Crippen LogP contribution in [0.1, 0.15) is 10.4 Å². The summed E-state index contributed by atoms with van der Waals surface area (Å²) in [7, 11) is 1.61. The van der Waals surface area contributed by atoms with Crippen LogP contribution in [0.4, 0.5) is 5.69 Å². The Bertz CT molecular complexity index is 943. The number of amides is 1. The number of hydrogen-bond acceptors (Lipinski definition) is 4. The van der Waals surface area contributed by atoms with E-state index in [4.69, 9.17) is 21.1 Å². The average Bonchev–Trinajstić information content (AvgIpc) is 2.72. The molecule has 0 unspecified atom stereocenters. The van der Waals surface area contributed by atoms with Crippen LogP contribution < -0.4 is 10.1 Å². The summed E-state index contributed by atoms with van der Waals surface area (Å²) in [6.45, 7) is 0.942. The minimum Gasteiger partial charge on any atom is -0.506 e. The predicted molar refractivity (Wildman–Crippen MR) is 110 cm³/mol. The van der Waals surface area contributed by atoms with E-state index in [-0.39, 0.29) is 16.3 Å². The van der Waals surface area contributed by atoms with Gasteiger partial charge < -0.3 is 19.9 Å². The first-order chi connectivity index (χ1) is 13.6. The lowest BCUT2D eigenvalue weighted by Gasteiger charge is -2.11. The zero-order valence-corrected chi connectivity index (χ0v) is 16.1. The maximum absolute atomic E-state index is 12.7. The molecule has 144 valence electrons. The second-order valence-corrected chi connectivity index (χ2v) is 6.45. The molecule has 3 rings (SSSR count). The van der Waals surface area contributed by atoms with Gasteiger partial charge in [-0.1, -0.05) is 41.9 Å². The number of halogens is 1. The number of phenolic OH excluding ortho intramolecular Hbond substituents is 1. The summed E-state index contributed by atoms with van der Waals surface area (Å²) < 4.78 is 10.4. The molecule has 3 aromatic rings. The minimum absolute atomic E-state index is 0.103. The largest absolute Gasteiger partial charge is 0.506 e. The molecule has 0 aliphatic heterocycles. The van der Waals surface area contributed by atoms with E-state index in [1.165, 1.54) is 0 Å². The van der Waals surface area contributed by atoms with Crippen LogP contribution in [0.5, 0.6) is 11.5 Å². The lowest BCUT2D eigenvalue weighted by molar-refractivity contribution is 0.102. The van der Waals surface area contributed by atoms with Gasteiger partial charge in [0.1, 0.15) is 18.1 Å². The Kier molecular flexibility index (Phi) is 6.53. The molecule has 6 heteroatoms. The number of ether oxygens (including phenoxy) is 2. The number of anilines is 1. The van der Waals surface area contributed by atoms with Crippen LogP contribution in [-0.2, 0) is 4.74 Å². The van der Waals surface area contributed by atoms with Crippen molar-refractivity contribution in [1.82, 2.24) is 0 Å². The van der Waals surface area contributed by atoms with Crippen molar-refractivity contribution in [3.63, 3.8) is 0 Å². The van der Waals surface area contributed by atoms with Crippen molar-refractivity contribution >= 4 is 23.2 Å². The summed E-state index contributed by atoms with van der Waals surface area (Å²) >= 11 is 6.14. The fraction of sp³-hybridized carbons (Fsp3) is 0.136. The van der Waals surface area contributed by atoms with Gasteiger partial charge in [0.05, 0.1) is 17.2 Å². The van der Waals surface area contributed by atoms with Gasteiger partial charge in [-0.25, -0.2) is 0 Å². The van der Waals surface area contributed by atoms with Crippen molar-refractivity contribution in [3.05, 3.63) is 77.3 Å². The number of carbonyl (C=O) groups excluding carboxylic acids is 1. The summed E-state index contributed by atoms with van der Waals surface area (Å²) in [5.74, 6) is -0.0318. The highest BCUT2D eigenvalue weighted by Gasteiger charge is 2.16. The van der Waals surface area contributed by atoms with Crippen molar-refractivity contribution in [1.29, 1.82) is 0 Å². The van der Waals surface area contributed by atoms with Crippen LogP contribution >= 0.6 is 11.6 Å². The molecule has 0 fully saturated rings. The van der Waals surface area contributed by atoms with Crippen LogP contribution in [0.2, 0.25) is 5.02 Å². The van der Waals surface area contributed by atoms with Gasteiger partial charge >= 0.3 is 0 Å². The van der Waals surface area contributed by atoms with E-state index in [2.05, 4.69) is 5.32 Å². The number of methoxy groups -OCH3 is 1. The monoisotopic (exact) mass is 397 g/mol. The molecular weight excluding hydrogens is 378 g/mol. The number of nitrogens with one attached hydrogen (secondary N) is 1. The van der Waals surface area contributed by atoms with Gasteiger partial charge in [0, 0.05) is 12.8 Å². The standard InChI is InChI=1S/C22H20ClNO4/c1-27-11-12-28-18-9-7-17(8-10-18)24-22(26)19-13-16(14-20(23)21(19)25)15-5-3-2-4-6-15/h2-10,13-14,25H,11-12H2,1H3,(H,24,26). The average molecular weight is 398 g/mol. The molecule has 0 aromatic heterocycles. The Morgan fingerprint density at radius 3 is 2.39 bits per heavy atom. The van der Waals surface area contributed by atoms with Crippen LogP contribution in [-0.4, -0.2) is 31.3 Å². The van der Waals surface area contributed by atoms with Gasteiger partial charge in [-0.05, 0) is 47.5 Å². The van der Waals surface area contributed by atoms with Gasteiger partial charge in [0.2, 0.25) is 0 Å². The third kappa shape index (κ3) is 4.82. The molecule has 0 aliphatic carbocycles. The molecule has 0 spiro atoms. The normalized spacial score (nSPS) is 10.5. The fourth-order valence-electron chi connectivity index (χ4n) is 2.65. The highest BCUT2D eigenvalue weighted by atomic mass is 35.5. The first kappa shape index (κ1) is 19.7. The molecule has 28 heavy (non-hydrogen) atoms. The zero-order valence-electron chi connectivity index (χ0n) is 15.3. The molecule has 0 aliphatic rings. The van der Waals surface area contributed by atoms with Crippen molar-refractivity contribution < 1.29 is 19.4 Å². The van der Waals surface area contributed by atoms with E-state index in [0.29, 0.717) is 24.7 Å². The molecule has 1 amide bonds. The van der Waals surface area contributed by atoms with Gasteiger partial charge in [0.15, 0.2) is 0 Å².